The predicted octanol–water partition coefficient (Wildman–Crippen LogP) is 1.83. The summed E-state index contributed by atoms with van der Waals surface area (Å²) < 4.78 is 16.2. The average molecular weight is 380 g/mol. The zero-order valence-electron chi connectivity index (χ0n) is 16.6. The maximum Gasteiger partial charge on any atom is 0.409 e. The number of aliphatic hydroxyl groups excluding tert-OH is 1. The lowest BCUT2D eigenvalue weighted by Gasteiger charge is -2.34. The van der Waals surface area contributed by atoms with Crippen LogP contribution in [0.5, 0.6) is 5.75 Å². The van der Waals surface area contributed by atoms with Gasteiger partial charge in [-0.2, -0.15) is 0 Å². The van der Waals surface area contributed by atoms with Gasteiger partial charge in [0.05, 0.1) is 25.9 Å². The molecule has 0 saturated carbocycles. The maximum absolute atomic E-state index is 11.7. The fourth-order valence-electron chi connectivity index (χ4n) is 2.92. The number of carbonyl (C=O) groups is 1. The summed E-state index contributed by atoms with van der Waals surface area (Å²) in [6.07, 6.45) is -0.814. The molecule has 1 aliphatic rings. The number of aliphatic hydroxyl groups is 1. The van der Waals surface area contributed by atoms with Crippen LogP contribution in [0.2, 0.25) is 0 Å². The SMILES string of the molecule is CCOC(=O)N1CCN(C[C@@H](O)COCCOc2ccc(C)c(C)c2)CC1. The molecule has 0 radical (unpaired) electrons. The van der Waals surface area contributed by atoms with Crippen LogP contribution in [-0.2, 0) is 9.47 Å². The van der Waals surface area contributed by atoms with Crippen molar-refractivity contribution in [2.24, 2.45) is 0 Å². The fraction of sp³-hybridized carbons (Fsp3) is 0.650. The van der Waals surface area contributed by atoms with E-state index in [1.807, 2.05) is 18.2 Å². The Kier molecular flexibility index (Phi) is 8.84. The Labute approximate surface area is 161 Å². The number of nitrogens with zero attached hydrogens (tertiary/aromatic N) is 2. The molecule has 0 aromatic heterocycles. The van der Waals surface area contributed by atoms with Gasteiger partial charge in [-0.05, 0) is 44.0 Å². The summed E-state index contributed by atoms with van der Waals surface area (Å²) in [5.41, 5.74) is 2.44. The van der Waals surface area contributed by atoms with E-state index in [9.17, 15) is 9.90 Å². The fourth-order valence-corrected chi connectivity index (χ4v) is 2.92. The van der Waals surface area contributed by atoms with Gasteiger partial charge in [-0.1, -0.05) is 6.07 Å². The Balaban J connectivity index is 1.55. The van der Waals surface area contributed by atoms with Crippen molar-refractivity contribution in [2.45, 2.75) is 26.9 Å². The standard InChI is InChI=1S/C20H32N2O5/c1-4-26-20(24)22-9-7-21(8-10-22)14-18(23)15-25-11-12-27-19-6-5-16(2)17(3)13-19/h5-6,13,18,23H,4,7-12,14-15H2,1-3H3/t18-/m1/s1. The first-order valence-corrected chi connectivity index (χ1v) is 9.59. The summed E-state index contributed by atoms with van der Waals surface area (Å²) >= 11 is 0. The number of amides is 1. The number of carbonyl (C=O) groups excluding carboxylic acids is 1. The largest absolute Gasteiger partial charge is 0.491 e. The Morgan fingerprint density at radius 1 is 1.15 bits per heavy atom. The molecule has 0 bridgehead atoms. The molecule has 1 atom stereocenters. The molecule has 1 heterocycles. The molecule has 0 unspecified atom stereocenters. The number of hydrogen-bond donors (Lipinski definition) is 1. The summed E-state index contributed by atoms with van der Waals surface area (Å²) in [5, 5.41) is 10.1. The monoisotopic (exact) mass is 380 g/mol. The lowest BCUT2D eigenvalue weighted by molar-refractivity contribution is -0.0000960. The molecule has 152 valence electrons. The molecule has 1 aromatic carbocycles. The Morgan fingerprint density at radius 2 is 1.89 bits per heavy atom. The zero-order chi connectivity index (χ0) is 19.6. The molecule has 7 heteroatoms. The second kappa shape index (κ2) is 11.1. The van der Waals surface area contributed by atoms with Crippen molar-refractivity contribution in [3.8, 4) is 5.75 Å². The van der Waals surface area contributed by atoms with Gasteiger partial charge in [0.2, 0.25) is 0 Å². The highest BCUT2D eigenvalue weighted by atomic mass is 16.6. The smallest absolute Gasteiger partial charge is 0.409 e. The van der Waals surface area contributed by atoms with Crippen LogP contribution in [0.4, 0.5) is 4.79 Å². The number of rotatable bonds is 9. The zero-order valence-corrected chi connectivity index (χ0v) is 16.6. The van der Waals surface area contributed by atoms with Crippen molar-refractivity contribution >= 4 is 6.09 Å². The van der Waals surface area contributed by atoms with Crippen molar-refractivity contribution in [2.75, 3.05) is 59.2 Å². The van der Waals surface area contributed by atoms with Gasteiger partial charge in [0.25, 0.3) is 0 Å². The molecule has 1 amide bonds. The number of β-amino-alcohol motifs (C(OH)–C–C–N with tert-alkyl or cyclic N) is 1. The molecule has 2 rings (SSSR count). The highest BCUT2D eigenvalue weighted by Crippen LogP contribution is 2.16. The van der Waals surface area contributed by atoms with Crippen LogP contribution < -0.4 is 4.74 Å². The first-order chi connectivity index (χ1) is 13.0. The summed E-state index contributed by atoms with van der Waals surface area (Å²) in [6.45, 7) is 10.7. The van der Waals surface area contributed by atoms with Gasteiger partial charge in [0.1, 0.15) is 12.4 Å². The predicted molar refractivity (Wildman–Crippen MR) is 103 cm³/mol. The van der Waals surface area contributed by atoms with Gasteiger partial charge in [-0.15, -0.1) is 0 Å². The second-order valence-corrected chi connectivity index (χ2v) is 6.81. The van der Waals surface area contributed by atoms with Gasteiger partial charge < -0.3 is 24.2 Å². The minimum atomic E-state index is -0.555. The minimum absolute atomic E-state index is 0.259. The summed E-state index contributed by atoms with van der Waals surface area (Å²) in [7, 11) is 0. The third-order valence-corrected chi connectivity index (χ3v) is 4.65. The number of ether oxygens (including phenoxy) is 3. The van der Waals surface area contributed by atoms with Crippen LogP contribution in [0.25, 0.3) is 0 Å². The molecule has 1 aromatic rings. The molecule has 1 saturated heterocycles. The average Bonchev–Trinajstić information content (AvgIpc) is 2.65. The van der Waals surface area contributed by atoms with Gasteiger partial charge in [-0.3, -0.25) is 4.90 Å². The minimum Gasteiger partial charge on any atom is -0.491 e. The van der Waals surface area contributed by atoms with Gasteiger partial charge in [0, 0.05) is 32.7 Å². The Hall–Kier alpha value is -1.83. The van der Waals surface area contributed by atoms with Crippen LogP contribution in [0.1, 0.15) is 18.1 Å². The van der Waals surface area contributed by atoms with Crippen molar-refractivity contribution < 1.29 is 24.1 Å². The molecule has 1 aliphatic heterocycles. The van der Waals surface area contributed by atoms with Crippen LogP contribution in [0.15, 0.2) is 18.2 Å². The molecule has 0 aliphatic carbocycles. The van der Waals surface area contributed by atoms with Crippen molar-refractivity contribution in [3.05, 3.63) is 29.3 Å². The number of aryl methyl sites for hydroxylation is 2. The van der Waals surface area contributed by atoms with E-state index in [0.29, 0.717) is 39.5 Å². The van der Waals surface area contributed by atoms with Crippen molar-refractivity contribution in [3.63, 3.8) is 0 Å². The Morgan fingerprint density at radius 3 is 2.56 bits per heavy atom. The third-order valence-electron chi connectivity index (χ3n) is 4.65. The molecule has 27 heavy (non-hydrogen) atoms. The van der Waals surface area contributed by atoms with Gasteiger partial charge in [-0.25, -0.2) is 4.79 Å². The molecule has 1 N–H and O–H groups in total. The highest BCUT2D eigenvalue weighted by molar-refractivity contribution is 5.67. The lowest BCUT2D eigenvalue weighted by Crippen LogP contribution is -2.51. The molecule has 1 fully saturated rings. The number of benzene rings is 1. The third kappa shape index (κ3) is 7.36. The Bertz CT molecular complexity index is 588. The van der Waals surface area contributed by atoms with Gasteiger partial charge in [0.15, 0.2) is 0 Å². The van der Waals surface area contributed by atoms with E-state index in [4.69, 9.17) is 14.2 Å². The van der Waals surface area contributed by atoms with E-state index in [0.717, 1.165) is 18.8 Å². The molecular formula is C20H32N2O5. The van der Waals surface area contributed by atoms with E-state index in [1.165, 1.54) is 11.1 Å². The summed E-state index contributed by atoms with van der Waals surface area (Å²) in [6, 6.07) is 6.00. The van der Waals surface area contributed by atoms with Crippen LogP contribution in [0, 0.1) is 13.8 Å². The number of piperazine rings is 1. The van der Waals surface area contributed by atoms with Crippen LogP contribution in [-0.4, -0.2) is 86.3 Å². The topological polar surface area (TPSA) is 71.5 Å². The maximum atomic E-state index is 11.7. The van der Waals surface area contributed by atoms with Crippen molar-refractivity contribution in [1.29, 1.82) is 0 Å². The second-order valence-electron chi connectivity index (χ2n) is 6.81. The number of hydrogen-bond acceptors (Lipinski definition) is 6. The molecule has 7 nitrogen and oxygen atoms in total. The molecule has 0 spiro atoms. The highest BCUT2D eigenvalue weighted by Gasteiger charge is 2.23. The van der Waals surface area contributed by atoms with Crippen LogP contribution in [0.3, 0.4) is 0 Å². The quantitative estimate of drug-likeness (QED) is 0.659. The first kappa shape index (κ1) is 21.5. The molecular weight excluding hydrogens is 348 g/mol. The van der Waals surface area contributed by atoms with E-state index in [1.54, 1.807) is 11.8 Å². The van der Waals surface area contributed by atoms with Crippen molar-refractivity contribution in [1.82, 2.24) is 9.80 Å². The van der Waals surface area contributed by atoms with E-state index in [-0.39, 0.29) is 12.7 Å². The lowest BCUT2D eigenvalue weighted by atomic mass is 10.1. The van der Waals surface area contributed by atoms with E-state index < -0.39 is 6.10 Å². The van der Waals surface area contributed by atoms with Crippen LogP contribution >= 0.6 is 0 Å². The van der Waals surface area contributed by atoms with Gasteiger partial charge >= 0.3 is 6.09 Å². The summed E-state index contributed by atoms with van der Waals surface area (Å²) in [4.78, 5) is 15.5. The van der Waals surface area contributed by atoms with E-state index >= 15 is 0 Å². The normalized spacial score (nSPS) is 16.2. The van der Waals surface area contributed by atoms with E-state index in [2.05, 4.69) is 18.7 Å². The summed E-state index contributed by atoms with van der Waals surface area (Å²) in [5.74, 6) is 0.835. The first-order valence-electron chi connectivity index (χ1n) is 9.59.